The molecule has 0 unspecified atom stereocenters. The molecule has 1 aliphatic carbocycles. The smallest absolute Gasteiger partial charge is 0.289 e. The highest BCUT2D eigenvalue weighted by Gasteiger charge is 2.30. The predicted octanol–water partition coefficient (Wildman–Crippen LogP) is 3.76. The number of amides is 1. The van der Waals surface area contributed by atoms with Gasteiger partial charge in [-0.25, -0.2) is 0 Å². The van der Waals surface area contributed by atoms with Crippen LogP contribution in [-0.2, 0) is 0 Å². The summed E-state index contributed by atoms with van der Waals surface area (Å²) in [7, 11) is 0. The van der Waals surface area contributed by atoms with Gasteiger partial charge in [-0.05, 0) is 49.3 Å². The van der Waals surface area contributed by atoms with E-state index < -0.39 is 0 Å². The van der Waals surface area contributed by atoms with Crippen LogP contribution in [0.15, 0.2) is 53.1 Å². The minimum Gasteiger partial charge on any atom is -0.459 e. The third-order valence-electron chi connectivity index (χ3n) is 5.82. The molecule has 2 aliphatic rings. The Hall–Kier alpha value is -2.07. The van der Waals surface area contributed by atoms with Gasteiger partial charge < -0.3 is 9.32 Å². The molecule has 2 fully saturated rings. The molecule has 2 heterocycles. The Labute approximate surface area is 149 Å². The zero-order valence-corrected chi connectivity index (χ0v) is 14.6. The van der Waals surface area contributed by atoms with E-state index in [-0.39, 0.29) is 5.91 Å². The lowest BCUT2D eigenvalue weighted by molar-refractivity contribution is 0.0489. The average Bonchev–Trinajstić information content (AvgIpc) is 3.23. The van der Waals surface area contributed by atoms with E-state index in [1.165, 1.54) is 31.2 Å². The van der Waals surface area contributed by atoms with Gasteiger partial charge in [0.05, 0.1) is 6.26 Å². The van der Waals surface area contributed by atoms with Crippen molar-refractivity contribution in [3.8, 4) is 0 Å². The van der Waals surface area contributed by atoms with E-state index in [9.17, 15) is 4.79 Å². The van der Waals surface area contributed by atoms with Crippen LogP contribution in [0.5, 0.6) is 0 Å². The van der Waals surface area contributed by atoms with Gasteiger partial charge in [-0.3, -0.25) is 9.69 Å². The van der Waals surface area contributed by atoms with Crippen LogP contribution in [0.1, 0.15) is 47.7 Å². The Morgan fingerprint density at radius 2 is 1.60 bits per heavy atom. The third-order valence-corrected chi connectivity index (χ3v) is 5.82. The van der Waals surface area contributed by atoms with Crippen LogP contribution in [0.25, 0.3) is 0 Å². The van der Waals surface area contributed by atoms with Crippen molar-refractivity contribution in [3.05, 3.63) is 60.1 Å². The molecule has 0 N–H and O–H groups in total. The average molecular weight is 338 g/mol. The summed E-state index contributed by atoms with van der Waals surface area (Å²) in [6, 6.07) is 15.1. The summed E-state index contributed by atoms with van der Waals surface area (Å²) < 4.78 is 5.24. The van der Waals surface area contributed by atoms with Crippen molar-refractivity contribution in [1.82, 2.24) is 9.80 Å². The molecule has 0 bridgehead atoms. The molecule has 132 valence electrons. The van der Waals surface area contributed by atoms with Crippen molar-refractivity contribution in [3.63, 3.8) is 0 Å². The normalized spacial score (nSPS) is 25.0. The number of piperazine rings is 1. The summed E-state index contributed by atoms with van der Waals surface area (Å²) in [5.41, 5.74) is 1.50. The largest absolute Gasteiger partial charge is 0.459 e. The Morgan fingerprint density at radius 3 is 2.24 bits per heavy atom. The number of furan rings is 1. The van der Waals surface area contributed by atoms with E-state index in [4.69, 9.17) is 4.42 Å². The van der Waals surface area contributed by atoms with Crippen LogP contribution in [-0.4, -0.2) is 47.9 Å². The Morgan fingerprint density at radius 1 is 0.880 bits per heavy atom. The van der Waals surface area contributed by atoms with Gasteiger partial charge in [0.1, 0.15) is 0 Å². The molecule has 1 saturated carbocycles. The molecule has 1 amide bonds. The zero-order valence-electron chi connectivity index (χ0n) is 14.6. The third kappa shape index (κ3) is 3.64. The topological polar surface area (TPSA) is 36.7 Å². The van der Waals surface area contributed by atoms with Crippen molar-refractivity contribution in [1.29, 1.82) is 0 Å². The van der Waals surface area contributed by atoms with E-state index in [1.54, 1.807) is 18.4 Å². The Balaban J connectivity index is 1.27. The van der Waals surface area contributed by atoms with E-state index in [1.807, 2.05) is 4.90 Å². The highest BCUT2D eigenvalue weighted by atomic mass is 16.3. The van der Waals surface area contributed by atoms with Gasteiger partial charge in [0.25, 0.3) is 5.91 Å². The Kier molecular flexibility index (Phi) is 4.88. The lowest BCUT2D eigenvalue weighted by atomic mass is 9.81. The summed E-state index contributed by atoms with van der Waals surface area (Å²) >= 11 is 0. The van der Waals surface area contributed by atoms with E-state index in [0.29, 0.717) is 11.8 Å². The fraction of sp³-hybridized carbons (Fsp3) is 0.476. The van der Waals surface area contributed by atoms with Crippen molar-refractivity contribution >= 4 is 5.91 Å². The van der Waals surface area contributed by atoms with Crippen molar-refractivity contribution in [2.45, 2.75) is 37.6 Å². The summed E-state index contributed by atoms with van der Waals surface area (Å²) in [4.78, 5) is 16.9. The van der Waals surface area contributed by atoms with Gasteiger partial charge in [0.15, 0.2) is 5.76 Å². The summed E-state index contributed by atoms with van der Waals surface area (Å²) in [5.74, 6) is 1.20. The zero-order chi connectivity index (χ0) is 17.1. The van der Waals surface area contributed by atoms with E-state index >= 15 is 0 Å². The molecule has 1 saturated heterocycles. The minimum absolute atomic E-state index is 0.0254. The van der Waals surface area contributed by atoms with Gasteiger partial charge in [0.2, 0.25) is 0 Å². The second-order valence-electron chi connectivity index (χ2n) is 7.22. The van der Waals surface area contributed by atoms with Crippen LogP contribution in [0.3, 0.4) is 0 Å². The number of carbonyl (C=O) groups is 1. The number of benzene rings is 1. The lowest BCUT2D eigenvalue weighted by Crippen LogP contribution is -2.52. The highest BCUT2D eigenvalue weighted by Crippen LogP contribution is 2.34. The number of carbonyl (C=O) groups excluding carboxylic acids is 1. The monoisotopic (exact) mass is 338 g/mol. The predicted molar refractivity (Wildman–Crippen MR) is 97.6 cm³/mol. The van der Waals surface area contributed by atoms with Gasteiger partial charge >= 0.3 is 0 Å². The molecule has 0 spiro atoms. The number of rotatable bonds is 3. The maximum atomic E-state index is 12.4. The van der Waals surface area contributed by atoms with E-state index in [0.717, 1.165) is 32.1 Å². The second-order valence-corrected chi connectivity index (χ2v) is 7.22. The van der Waals surface area contributed by atoms with Crippen LogP contribution in [0, 0.1) is 0 Å². The first-order valence-electron chi connectivity index (χ1n) is 9.43. The molecular formula is C21H26N2O2. The molecule has 4 heteroatoms. The summed E-state index contributed by atoms with van der Waals surface area (Å²) in [6.07, 6.45) is 6.66. The van der Waals surface area contributed by atoms with Crippen LogP contribution in [0.4, 0.5) is 0 Å². The van der Waals surface area contributed by atoms with Gasteiger partial charge in [0, 0.05) is 32.2 Å². The molecule has 25 heavy (non-hydrogen) atoms. The maximum Gasteiger partial charge on any atom is 0.289 e. The molecule has 1 aromatic heterocycles. The van der Waals surface area contributed by atoms with Crippen molar-refractivity contribution < 1.29 is 9.21 Å². The molecule has 1 aliphatic heterocycles. The second kappa shape index (κ2) is 7.44. The van der Waals surface area contributed by atoms with Crippen LogP contribution < -0.4 is 0 Å². The van der Waals surface area contributed by atoms with Crippen molar-refractivity contribution in [2.75, 3.05) is 26.2 Å². The van der Waals surface area contributed by atoms with Gasteiger partial charge in [-0.15, -0.1) is 0 Å². The molecule has 4 nitrogen and oxygen atoms in total. The molecule has 0 atom stereocenters. The number of hydrogen-bond acceptors (Lipinski definition) is 3. The SMILES string of the molecule is O=C(c1ccco1)N1CCN(C2CCC(c3ccccc3)CC2)CC1. The van der Waals surface area contributed by atoms with Gasteiger partial charge in [-0.2, -0.15) is 0 Å². The van der Waals surface area contributed by atoms with Crippen LogP contribution >= 0.6 is 0 Å². The van der Waals surface area contributed by atoms with Gasteiger partial charge in [-0.1, -0.05) is 30.3 Å². The maximum absolute atomic E-state index is 12.4. The van der Waals surface area contributed by atoms with E-state index in [2.05, 4.69) is 35.2 Å². The summed E-state index contributed by atoms with van der Waals surface area (Å²) in [5, 5.41) is 0. The molecule has 1 aromatic carbocycles. The quantitative estimate of drug-likeness (QED) is 0.855. The fourth-order valence-electron chi connectivity index (χ4n) is 4.35. The highest BCUT2D eigenvalue weighted by molar-refractivity contribution is 5.91. The summed E-state index contributed by atoms with van der Waals surface area (Å²) in [6.45, 7) is 3.57. The van der Waals surface area contributed by atoms with Crippen molar-refractivity contribution in [2.24, 2.45) is 0 Å². The van der Waals surface area contributed by atoms with Crippen LogP contribution in [0.2, 0.25) is 0 Å². The molecule has 2 aromatic rings. The fourth-order valence-corrected chi connectivity index (χ4v) is 4.35. The first-order chi connectivity index (χ1) is 12.3. The molecular weight excluding hydrogens is 312 g/mol. The first kappa shape index (κ1) is 16.4. The standard InChI is InChI=1S/C21H26N2O2/c24-21(20-7-4-16-25-20)23-14-12-22(13-15-23)19-10-8-18(9-11-19)17-5-2-1-3-6-17/h1-7,16,18-19H,8-15H2. The first-order valence-corrected chi connectivity index (χ1v) is 9.43. The Bertz CT molecular complexity index is 667. The molecule has 0 radical (unpaired) electrons. The number of hydrogen-bond donors (Lipinski definition) is 0. The lowest BCUT2D eigenvalue weighted by Gasteiger charge is -2.41. The molecule has 4 rings (SSSR count). The number of nitrogens with zero attached hydrogens (tertiary/aromatic N) is 2. The minimum atomic E-state index is 0.0254.